The van der Waals surface area contributed by atoms with Crippen molar-refractivity contribution in [1.82, 2.24) is 20.4 Å². The average Bonchev–Trinajstić information content (AvgIpc) is 2.55. The van der Waals surface area contributed by atoms with E-state index in [1.165, 1.54) is 4.90 Å². The number of hydrogen-bond donors (Lipinski definition) is 2. The molecule has 1 fully saturated rings. The molecule has 0 aliphatic carbocycles. The van der Waals surface area contributed by atoms with Crippen LogP contribution in [0.1, 0.15) is 0 Å². The van der Waals surface area contributed by atoms with Crippen LogP contribution in [0.2, 0.25) is 0 Å². The fraction of sp³-hybridized carbons (Fsp3) is 0.857. The standard InChI is InChI=1S/C14H28N4O4/c1-21-11-9-18(10-12-22-2)14(20)13(19)16-5-8-17-6-3-15-4-7-17/h15H,3-12H2,1-2H3,(H,16,19). The normalized spacial score (nSPS) is 15.5. The summed E-state index contributed by atoms with van der Waals surface area (Å²) in [5.74, 6) is -1.10. The number of ether oxygens (including phenoxy) is 2. The summed E-state index contributed by atoms with van der Waals surface area (Å²) in [6.45, 7) is 6.66. The number of nitrogens with zero attached hydrogens (tertiary/aromatic N) is 2. The Labute approximate surface area is 132 Å². The Kier molecular flexibility index (Phi) is 9.72. The average molecular weight is 316 g/mol. The number of methoxy groups -OCH3 is 2. The van der Waals surface area contributed by atoms with E-state index in [4.69, 9.17) is 9.47 Å². The fourth-order valence-electron chi connectivity index (χ4n) is 2.20. The molecular formula is C14H28N4O4. The summed E-state index contributed by atoms with van der Waals surface area (Å²) in [6.07, 6.45) is 0. The van der Waals surface area contributed by atoms with E-state index >= 15 is 0 Å². The molecular weight excluding hydrogens is 288 g/mol. The van der Waals surface area contributed by atoms with E-state index in [2.05, 4.69) is 15.5 Å². The molecule has 1 heterocycles. The minimum Gasteiger partial charge on any atom is -0.383 e. The summed E-state index contributed by atoms with van der Waals surface area (Å²) in [4.78, 5) is 27.8. The van der Waals surface area contributed by atoms with E-state index in [0.29, 0.717) is 32.8 Å². The monoisotopic (exact) mass is 316 g/mol. The number of nitrogens with one attached hydrogen (secondary N) is 2. The van der Waals surface area contributed by atoms with Gasteiger partial charge >= 0.3 is 11.8 Å². The number of rotatable bonds is 9. The molecule has 22 heavy (non-hydrogen) atoms. The first-order valence-electron chi connectivity index (χ1n) is 7.67. The zero-order chi connectivity index (χ0) is 16.2. The van der Waals surface area contributed by atoms with Crippen LogP contribution in [0.15, 0.2) is 0 Å². The molecule has 8 heteroatoms. The predicted molar refractivity (Wildman–Crippen MR) is 82.7 cm³/mol. The molecule has 1 aliphatic heterocycles. The van der Waals surface area contributed by atoms with Crippen LogP contribution in [0, 0.1) is 0 Å². The molecule has 0 aromatic rings. The van der Waals surface area contributed by atoms with Crippen molar-refractivity contribution in [3.05, 3.63) is 0 Å². The topological polar surface area (TPSA) is 83.1 Å². The van der Waals surface area contributed by atoms with E-state index in [9.17, 15) is 9.59 Å². The van der Waals surface area contributed by atoms with Gasteiger partial charge in [-0.1, -0.05) is 0 Å². The van der Waals surface area contributed by atoms with E-state index in [1.54, 1.807) is 14.2 Å². The molecule has 2 amide bonds. The second kappa shape index (κ2) is 11.4. The first kappa shape index (κ1) is 18.8. The first-order valence-corrected chi connectivity index (χ1v) is 7.67. The van der Waals surface area contributed by atoms with Crippen molar-refractivity contribution in [2.24, 2.45) is 0 Å². The van der Waals surface area contributed by atoms with Crippen LogP contribution in [-0.2, 0) is 19.1 Å². The van der Waals surface area contributed by atoms with E-state index < -0.39 is 11.8 Å². The van der Waals surface area contributed by atoms with Gasteiger partial charge in [-0.15, -0.1) is 0 Å². The lowest BCUT2D eigenvalue weighted by Gasteiger charge is -2.27. The van der Waals surface area contributed by atoms with Crippen LogP contribution in [-0.4, -0.2) is 101 Å². The molecule has 2 N–H and O–H groups in total. The molecule has 0 aromatic carbocycles. The lowest BCUT2D eigenvalue weighted by Crippen LogP contribution is -2.49. The van der Waals surface area contributed by atoms with Gasteiger partial charge < -0.3 is 25.0 Å². The summed E-state index contributed by atoms with van der Waals surface area (Å²) < 4.78 is 9.93. The van der Waals surface area contributed by atoms with Crippen molar-refractivity contribution < 1.29 is 19.1 Å². The molecule has 0 aromatic heterocycles. The number of amides is 2. The van der Waals surface area contributed by atoms with Gasteiger partial charge in [0.1, 0.15) is 0 Å². The number of piperazine rings is 1. The molecule has 0 bridgehead atoms. The number of hydrogen-bond acceptors (Lipinski definition) is 6. The van der Waals surface area contributed by atoms with Crippen molar-refractivity contribution in [2.45, 2.75) is 0 Å². The van der Waals surface area contributed by atoms with Crippen LogP contribution in [0.5, 0.6) is 0 Å². The highest BCUT2D eigenvalue weighted by Crippen LogP contribution is 1.93. The summed E-state index contributed by atoms with van der Waals surface area (Å²) in [5, 5.41) is 5.96. The second-order valence-electron chi connectivity index (χ2n) is 5.13. The molecule has 0 atom stereocenters. The molecule has 1 rings (SSSR count). The van der Waals surface area contributed by atoms with E-state index in [0.717, 1.165) is 32.7 Å². The fourth-order valence-corrected chi connectivity index (χ4v) is 2.20. The van der Waals surface area contributed by atoms with Crippen molar-refractivity contribution in [1.29, 1.82) is 0 Å². The van der Waals surface area contributed by atoms with Gasteiger partial charge in [0.05, 0.1) is 13.2 Å². The van der Waals surface area contributed by atoms with E-state index in [1.807, 2.05) is 0 Å². The molecule has 1 aliphatic rings. The minimum atomic E-state index is -0.567. The third-order valence-corrected chi connectivity index (χ3v) is 3.54. The Balaban J connectivity index is 2.31. The maximum absolute atomic E-state index is 12.1. The number of carbonyl (C=O) groups excluding carboxylic acids is 2. The predicted octanol–water partition coefficient (Wildman–Crippen LogP) is -1.87. The Hall–Kier alpha value is -1.22. The zero-order valence-corrected chi connectivity index (χ0v) is 13.6. The lowest BCUT2D eigenvalue weighted by molar-refractivity contribution is -0.146. The first-order chi connectivity index (χ1) is 10.7. The van der Waals surface area contributed by atoms with Gasteiger partial charge in [-0.2, -0.15) is 0 Å². The van der Waals surface area contributed by atoms with Gasteiger partial charge in [0.15, 0.2) is 0 Å². The molecule has 128 valence electrons. The minimum absolute atomic E-state index is 0.379. The van der Waals surface area contributed by atoms with Gasteiger partial charge in [0.2, 0.25) is 0 Å². The van der Waals surface area contributed by atoms with Crippen LogP contribution >= 0.6 is 0 Å². The summed E-state index contributed by atoms with van der Waals surface area (Å²) in [5.41, 5.74) is 0. The van der Waals surface area contributed by atoms with Crippen molar-refractivity contribution >= 4 is 11.8 Å². The third-order valence-electron chi connectivity index (χ3n) is 3.54. The van der Waals surface area contributed by atoms with Crippen LogP contribution in [0.25, 0.3) is 0 Å². The summed E-state index contributed by atoms with van der Waals surface area (Å²) >= 11 is 0. The highest BCUT2D eigenvalue weighted by atomic mass is 16.5. The maximum atomic E-state index is 12.1. The smallest absolute Gasteiger partial charge is 0.312 e. The molecule has 0 spiro atoms. The quantitative estimate of drug-likeness (QED) is 0.485. The third kappa shape index (κ3) is 7.17. The van der Waals surface area contributed by atoms with Gasteiger partial charge in [-0.05, 0) is 0 Å². The van der Waals surface area contributed by atoms with Crippen LogP contribution < -0.4 is 10.6 Å². The van der Waals surface area contributed by atoms with Gasteiger partial charge in [-0.3, -0.25) is 14.5 Å². The van der Waals surface area contributed by atoms with Crippen LogP contribution in [0.3, 0.4) is 0 Å². The molecule has 0 unspecified atom stereocenters. The SMILES string of the molecule is COCCN(CCOC)C(=O)C(=O)NCCN1CCNCC1. The van der Waals surface area contributed by atoms with Crippen LogP contribution in [0.4, 0.5) is 0 Å². The van der Waals surface area contributed by atoms with Gasteiger partial charge in [-0.25, -0.2) is 0 Å². The molecule has 8 nitrogen and oxygen atoms in total. The van der Waals surface area contributed by atoms with Crippen molar-refractivity contribution in [2.75, 3.05) is 79.8 Å². The molecule has 1 saturated heterocycles. The van der Waals surface area contributed by atoms with Gasteiger partial charge in [0, 0.05) is 66.6 Å². The molecule has 0 radical (unpaired) electrons. The summed E-state index contributed by atoms with van der Waals surface area (Å²) in [7, 11) is 3.12. The second-order valence-corrected chi connectivity index (χ2v) is 5.13. The Morgan fingerprint density at radius 2 is 1.73 bits per heavy atom. The Morgan fingerprint density at radius 1 is 1.14 bits per heavy atom. The van der Waals surface area contributed by atoms with Gasteiger partial charge in [0.25, 0.3) is 0 Å². The van der Waals surface area contributed by atoms with Crippen molar-refractivity contribution in [3.8, 4) is 0 Å². The Bertz CT molecular complexity index is 327. The largest absolute Gasteiger partial charge is 0.383 e. The Morgan fingerprint density at radius 3 is 2.27 bits per heavy atom. The maximum Gasteiger partial charge on any atom is 0.312 e. The molecule has 0 saturated carbocycles. The number of carbonyl (C=O) groups is 2. The highest BCUT2D eigenvalue weighted by Gasteiger charge is 2.21. The van der Waals surface area contributed by atoms with E-state index in [-0.39, 0.29) is 0 Å². The zero-order valence-electron chi connectivity index (χ0n) is 13.6. The van der Waals surface area contributed by atoms with Crippen molar-refractivity contribution in [3.63, 3.8) is 0 Å². The lowest BCUT2D eigenvalue weighted by atomic mass is 10.3. The summed E-state index contributed by atoms with van der Waals surface area (Å²) in [6, 6.07) is 0. The highest BCUT2D eigenvalue weighted by molar-refractivity contribution is 6.35.